The van der Waals surface area contributed by atoms with Gasteiger partial charge in [0.2, 0.25) is 0 Å². The first-order valence-electron chi connectivity index (χ1n) is 8.10. The van der Waals surface area contributed by atoms with Gasteiger partial charge in [-0.1, -0.05) is 18.5 Å². The summed E-state index contributed by atoms with van der Waals surface area (Å²) >= 11 is 8.52. The molecule has 1 unspecified atom stereocenters. The largest absolute Gasteiger partial charge is 0.314 e. The molecule has 0 spiro atoms. The fourth-order valence-corrected chi connectivity index (χ4v) is 4.55. The van der Waals surface area contributed by atoms with E-state index in [0.29, 0.717) is 6.04 Å². The molecule has 0 aliphatic carbocycles. The van der Waals surface area contributed by atoms with Crippen molar-refractivity contribution in [3.05, 3.63) is 16.4 Å². The molecule has 120 valence electrons. The standard InChI is InChI=1S/C16H28ClN3S/c1-4-7-18-14(10-13-5-8-21-9-6-13)11-15-16(17)12(2)19-20(15)3/h13-14,18H,4-11H2,1-3H3. The van der Waals surface area contributed by atoms with Crippen molar-refractivity contribution < 1.29 is 0 Å². The van der Waals surface area contributed by atoms with Crippen molar-refractivity contribution in [3.8, 4) is 0 Å². The fourth-order valence-electron chi connectivity index (χ4n) is 3.11. The predicted molar refractivity (Wildman–Crippen MR) is 93.4 cm³/mol. The quantitative estimate of drug-likeness (QED) is 0.824. The molecule has 5 heteroatoms. The van der Waals surface area contributed by atoms with E-state index >= 15 is 0 Å². The van der Waals surface area contributed by atoms with Gasteiger partial charge in [0.15, 0.2) is 0 Å². The second kappa shape index (κ2) is 8.44. The van der Waals surface area contributed by atoms with Crippen LogP contribution < -0.4 is 5.32 Å². The van der Waals surface area contributed by atoms with E-state index in [-0.39, 0.29) is 0 Å². The van der Waals surface area contributed by atoms with Gasteiger partial charge in [0, 0.05) is 19.5 Å². The molecule has 2 rings (SSSR count). The fraction of sp³-hybridized carbons (Fsp3) is 0.812. The Morgan fingerprint density at radius 1 is 1.43 bits per heavy atom. The van der Waals surface area contributed by atoms with Gasteiger partial charge < -0.3 is 5.32 Å². The number of nitrogens with zero attached hydrogens (tertiary/aromatic N) is 2. The third kappa shape index (κ3) is 4.90. The Morgan fingerprint density at radius 3 is 2.71 bits per heavy atom. The van der Waals surface area contributed by atoms with Gasteiger partial charge in [0.25, 0.3) is 0 Å². The van der Waals surface area contributed by atoms with E-state index < -0.39 is 0 Å². The maximum absolute atomic E-state index is 6.42. The molecule has 0 aromatic carbocycles. The summed E-state index contributed by atoms with van der Waals surface area (Å²) in [6.45, 7) is 5.29. The lowest BCUT2D eigenvalue weighted by Gasteiger charge is -2.27. The zero-order chi connectivity index (χ0) is 15.2. The molecule has 21 heavy (non-hydrogen) atoms. The summed E-state index contributed by atoms with van der Waals surface area (Å²) in [6, 6.07) is 0.519. The van der Waals surface area contributed by atoms with Crippen LogP contribution in [0.2, 0.25) is 5.02 Å². The average molecular weight is 330 g/mol. The first-order valence-corrected chi connectivity index (χ1v) is 9.64. The van der Waals surface area contributed by atoms with Crippen molar-refractivity contribution >= 4 is 23.4 Å². The van der Waals surface area contributed by atoms with Crippen molar-refractivity contribution in [2.45, 2.75) is 52.0 Å². The number of hydrogen-bond donors (Lipinski definition) is 1. The number of rotatable bonds is 7. The molecular formula is C16H28ClN3S. The summed E-state index contributed by atoms with van der Waals surface area (Å²) in [5, 5.41) is 9.01. The van der Waals surface area contributed by atoms with Crippen LogP contribution in [0.15, 0.2) is 0 Å². The molecular weight excluding hydrogens is 302 g/mol. The van der Waals surface area contributed by atoms with Crippen LogP contribution in [0.5, 0.6) is 0 Å². The van der Waals surface area contributed by atoms with Crippen molar-refractivity contribution in [2.24, 2.45) is 13.0 Å². The second-order valence-electron chi connectivity index (χ2n) is 6.12. The Morgan fingerprint density at radius 2 is 2.14 bits per heavy atom. The molecule has 1 aliphatic rings. The average Bonchev–Trinajstić information content (AvgIpc) is 2.72. The van der Waals surface area contributed by atoms with Crippen LogP contribution in [0.4, 0.5) is 0 Å². The summed E-state index contributed by atoms with van der Waals surface area (Å²) < 4.78 is 1.95. The third-order valence-corrected chi connectivity index (χ3v) is 5.88. The van der Waals surface area contributed by atoms with Crippen LogP contribution in [0.1, 0.15) is 44.0 Å². The van der Waals surface area contributed by atoms with E-state index in [4.69, 9.17) is 11.6 Å². The zero-order valence-corrected chi connectivity index (χ0v) is 15.1. The number of aryl methyl sites for hydroxylation is 2. The van der Waals surface area contributed by atoms with E-state index in [1.165, 1.54) is 42.9 Å². The molecule has 1 aromatic rings. The van der Waals surface area contributed by atoms with Crippen LogP contribution in [0, 0.1) is 12.8 Å². The van der Waals surface area contributed by atoms with Crippen molar-refractivity contribution in [1.29, 1.82) is 0 Å². The lowest BCUT2D eigenvalue weighted by atomic mass is 9.92. The molecule has 0 amide bonds. The molecule has 1 aliphatic heterocycles. The number of nitrogens with one attached hydrogen (secondary N) is 1. The van der Waals surface area contributed by atoms with Gasteiger partial charge in [0.1, 0.15) is 0 Å². The zero-order valence-electron chi connectivity index (χ0n) is 13.5. The van der Waals surface area contributed by atoms with Crippen LogP contribution >= 0.6 is 23.4 Å². The highest BCUT2D eigenvalue weighted by Gasteiger charge is 2.22. The second-order valence-corrected chi connectivity index (χ2v) is 7.72. The van der Waals surface area contributed by atoms with Gasteiger partial charge in [-0.15, -0.1) is 0 Å². The number of aromatic nitrogens is 2. The molecule has 2 heterocycles. The summed E-state index contributed by atoms with van der Waals surface area (Å²) in [7, 11) is 2.00. The number of thioether (sulfide) groups is 1. The van der Waals surface area contributed by atoms with E-state index in [1.807, 2.05) is 18.7 Å². The maximum atomic E-state index is 6.42. The summed E-state index contributed by atoms with van der Waals surface area (Å²) in [4.78, 5) is 0. The molecule has 0 radical (unpaired) electrons. The number of halogens is 1. The van der Waals surface area contributed by atoms with Crippen molar-refractivity contribution in [3.63, 3.8) is 0 Å². The molecule has 3 nitrogen and oxygen atoms in total. The predicted octanol–water partition coefficient (Wildman–Crippen LogP) is 3.83. The molecule has 0 saturated carbocycles. The van der Waals surface area contributed by atoms with Crippen LogP contribution in [0.25, 0.3) is 0 Å². The Labute approximate surface area is 138 Å². The lowest BCUT2D eigenvalue weighted by molar-refractivity contribution is 0.358. The van der Waals surface area contributed by atoms with Gasteiger partial charge in [-0.2, -0.15) is 16.9 Å². The van der Waals surface area contributed by atoms with Crippen LogP contribution in [-0.2, 0) is 13.5 Å². The smallest absolute Gasteiger partial charge is 0.0847 e. The first-order chi connectivity index (χ1) is 10.1. The van der Waals surface area contributed by atoms with Crippen LogP contribution in [0.3, 0.4) is 0 Å². The molecule has 1 atom stereocenters. The van der Waals surface area contributed by atoms with Gasteiger partial charge in [0.05, 0.1) is 16.4 Å². The van der Waals surface area contributed by atoms with E-state index in [1.54, 1.807) is 0 Å². The van der Waals surface area contributed by atoms with Gasteiger partial charge in [-0.3, -0.25) is 4.68 Å². The summed E-state index contributed by atoms with van der Waals surface area (Å²) in [6.07, 6.45) is 6.16. The summed E-state index contributed by atoms with van der Waals surface area (Å²) in [5.41, 5.74) is 2.12. The molecule has 0 bridgehead atoms. The van der Waals surface area contributed by atoms with E-state index in [0.717, 1.165) is 29.6 Å². The van der Waals surface area contributed by atoms with Crippen molar-refractivity contribution in [1.82, 2.24) is 15.1 Å². The monoisotopic (exact) mass is 329 g/mol. The highest BCUT2D eigenvalue weighted by atomic mass is 35.5. The minimum atomic E-state index is 0.519. The Bertz CT molecular complexity index is 441. The number of hydrogen-bond acceptors (Lipinski definition) is 3. The SMILES string of the molecule is CCCNC(Cc1c(Cl)c(C)nn1C)CC1CCSCC1. The highest BCUT2D eigenvalue weighted by molar-refractivity contribution is 7.99. The van der Waals surface area contributed by atoms with Crippen molar-refractivity contribution in [2.75, 3.05) is 18.1 Å². The molecule has 1 fully saturated rings. The topological polar surface area (TPSA) is 29.9 Å². The Hall–Kier alpha value is -0.190. The van der Waals surface area contributed by atoms with Crippen LogP contribution in [-0.4, -0.2) is 33.9 Å². The van der Waals surface area contributed by atoms with Gasteiger partial charge in [-0.25, -0.2) is 0 Å². The third-order valence-electron chi connectivity index (χ3n) is 4.34. The van der Waals surface area contributed by atoms with Gasteiger partial charge in [-0.05, 0) is 56.6 Å². The van der Waals surface area contributed by atoms with Gasteiger partial charge >= 0.3 is 0 Å². The molecule has 1 N–H and O–H groups in total. The Balaban J connectivity index is 2.00. The normalized spacial score (nSPS) is 18.1. The first kappa shape index (κ1) is 17.2. The minimum Gasteiger partial charge on any atom is -0.314 e. The molecule has 1 saturated heterocycles. The van der Waals surface area contributed by atoms with E-state index in [9.17, 15) is 0 Å². The minimum absolute atomic E-state index is 0.519. The van der Waals surface area contributed by atoms with E-state index in [2.05, 4.69) is 29.1 Å². The Kier molecular flexibility index (Phi) is 6.90. The summed E-state index contributed by atoms with van der Waals surface area (Å²) in [5.74, 6) is 3.53. The molecule has 1 aromatic heterocycles. The maximum Gasteiger partial charge on any atom is 0.0847 e. The highest BCUT2D eigenvalue weighted by Crippen LogP contribution is 2.28. The lowest BCUT2D eigenvalue weighted by Crippen LogP contribution is -2.35.